The Balaban J connectivity index is 1.66. The first kappa shape index (κ1) is 28.2. The Morgan fingerprint density at radius 2 is 1.98 bits per heavy atom. The molecule has 2 aliphatic heterocycles. The summed E-state index contributed by atoms with van der Waals surface area (Å²) in [6, 6.07) is 8.40. The molecule has 0 saturated carbocycles. The van der Waals surface area contributed by atoms with Crippen molar-refractivity contribution < 1.29 is 9.18 Å². The largest absolute Gasteiger partial charge is 0.384 e. The topological polar surface area (TPSA) is 96.3 Å². The molecule has 0 radical (unpaired) electrons. The van der Waals surface area contributed by atoms with Crippen LogP contribution in [0.25, 0.3) is 28.0 Å². The zero-order chi connectivity index (χ0) is 29.5. The Kier molecular flexibility index (Phi) is 7.63. The minimum atomic E-state index is -0.524. The average Bonchev–Trinajstić information content (AvgIpc) is 2.98. The monoisotopic (exact) mass is 605 g/mol. The summed E-state index contributed by atoms with van der Waals surface area (Å²) in [5.41, 5.74) is 2.14. The van der Waals surface area contributed by atoms with Crippen LogP contribution < -0.4 is 15.9 Å². The lowest BCUT2D eigenvalue weighted by atomic mass is 10.1. The Labute approximate surface area is 251 Å². The van der Waals surface area contributed by atoms with Gasteiger partial charge in [-0.25, -0.2) is 18.7 Å². The second-order valence-electron chi connectivity index (χ2n) is 10.4. The van der Waals surface area contributed by atoms with Crippen LogP contribution in [0.5, 0.6) is 0 Å². The molecule has 216 valence electrons. The second kappa shape index (κ2) is 11.4. The molecule has 1 amide bonds. The van der Waals surface area contributed by atoms with Crippen LogP contribution in [0.15, 0.2) is 58.9 Å². The van der Waals surface area contributed by atoms with E-state index in [4.69, 9.17) is 16.6 Å². The number of hydrogen-bond acceptors (Lipinski definition) is 8. The van der Waals surface area contributed by atoms with Crippen molar-refractivity contribution >= 4 is 51.8 Å². The van der Waals surface area contributed by atoms with Gasteiger partial charge >= 0.3 is 5.69 Å². The zero-order valence-corrected chi connectivity index (χ0v) is 24.8. The maximum absolute atomic E-state index is 15.4. The summed E-state index contributed by atoms with van der Waals surface area (Å²) in [4.78, 5) is 44.9. The van der Waals surface area contributed by atoms with Gasteiger partial charge in [-0.3, -0.25) is 9.78 Å². The van der Waals surface area contributed by atoms with Gasteiger partial charge in [0.05, 0.1) is 33.0 Å². The van der Waals surface area contributed by atoms with E-state index in [1.54, 1.807) is 41.1 Å². The summed E-state index contributed by atoms with van der Waals surface area (Å²) >= 11 is 8.45. The molecule has 0 unspecified atom stereocenters. The van der Waals surface area contributed by atoms with Crippen LogP contribution in [0.1, 0.15) is 25.5 Å². The lowest BCUT2D eigenvalue weighted by molar-refractivity contribution is -0.126. The number of benzene rings is 1. The smallest absolute Gasteiger partial charge is 0.355 e. The Morgan fingerprint density at radius 3 is 2.71 bits per heavy atom. The van der Waals surface area contributed by atoms with Crippen LogP contribution in [0.4, 0.5) is 15.9 Å². The minimum Gasteiger partial charge on any atom is -0.384 e. The van der Waals surface area contributed by atoms with Crippen molar-refractivity contribution in [2.45, 2.75) is 24.7 Å². The summed E-state index contributed by atoms with van der Waals surface area (Å²) in [7, 11) is 0. The van der Waals surface area contributed by atoms with Gasteiger partial charge in [-0.1, -0.05) is 38.1 Å². The van der Waals surface area contributed by atoms with Gasteiger partial charge in [0.25, 0.3) is 0 Å². The predicted octanol–water partition coefficient (Wildman–Crippen LogP) is 5.11. The van der Waals surface area contributed by atoms with Crippen molar-refractivity contribution in [1.29, 1.82) is 0 Å². The number of hydrogen-bond donors (Lipinski definition) is 1. The number of nitrogens with one attached hydrogen (secondary N) is 1. The third-order valence-corrected chi connectivity index (χ3v) is 8.82. The molecule has 3 aromatic heterocycles. The normalized spacial score (nSPS) is 15.1. The van der Waals surface area contributed by atoms with Crippen LogP contribution in [-0.2, 0) is 4.79 Å². The molecule has 5 heterocycles. The van der Waals surface area contributed by atoms with Crippen LogP contribution >= 0.6 is 23.4 Å². The highest BCUT2D eigenvalue weighted by atomic mass is 35.5. The number of aromatic nitrogens is 4. The maximum Gasteiger partial charge on any atom is 0.355 e. The van der Waals surface area contributed by atoms with Crippen LogP contribution in [0, 0.1) is 5.82 Å². The number of nitrogens with zero attached hydrogens (tertiary/aromatic N) is 6. The highest BCUT2D eigenvalue weighted by Crippen LogP contribution is 2.40. The molecule has 0 spiro atoms. The fourth-order valence-corrected chi connectivity index (χ4v) is 6.62. The number of halogens is 2. The number of carbonyl (C=O) groups is 1. The van der Waals surface area contributed by atoms with E-state index >= 15 is 4.39 Å². The summed E-state index contributed by atoms with van der Waals surface area (Å²) in [5, 5.41) is 4.11. The molecule has 9 nitrogen and oxygen atoms in total. The lowest BCUT2D eigenvalue weighted by Gasteiger charge is -2.35. The fraction of sp³-hybridized carbons (Fsp3) is 0.300. The van der Waals surface area contributed by atoms with Crippen molar-refractivity contribution in [3.63, 3.8) is 0 Å². The third kappa shape index (κ3) is 4.90. The first-order valence-corrected chi connectivity index (χ1v) is 15.1. The van der Waals surface area contributed by atoms with Gasteiger partial charge in [0, 0.05) is 55.3 Å². The number of piperazine rings is 1. The molecule has 1 aromatic carbocycles. The molecule has 42 heavy (non-hydrogen) atoms. The number of carbonyl (C=O) groups excluding carboxylic acids is 1. The van der Waals surface area contributed by atoms with Crippen molar-refractivity contribution in [2.24, 2.45) is 0 Å². The molecule has 1 saturated heterocycles. The second-order valence-corrected chi connectivity index (χ2v) is 11.9. The van der Waals surface area contributed by atoms with E-state index in [2.05, 4.69) is 21.9 Å². The van der Waals surface area contributed by atoms with Crippen LogP contribution in [0.2, 0.25) is 5.02 Å². The van der Waals surface area contributed by atoms with Gasteiger partial charge in [-0.15, -0.1) is 11.8 Å². The Hall–Kier alpha value is -3.96. The Bertz CT molecular complexity index is 1790. The van der Waals surface area contributed by atoms with Gasteiger partial charge in [-0.05, 0) is 36.3 Å². The molecular weight excluding hydrogens is 577 g/mol. The van der Waals surface area contributed by atoms with Crippen molar-refractivity contribution in [1.82, 2.24) is 24.4 Å². The van der Waals surface area contributed by atoms with Gasteiger partial charge in [-0.2, -0.15) is 4.98 Å². The predicted molar refractivity (Wildman–Crippen MR) is 166 cm³/mol. The third-order valence-electron chi connectivity index (χ3n) is 7.48. The Morgan fingerprint density at radius 1 is 1.19 bits per heavy atom. The molecule has 1 N–H and O–H groups in total. The number of fused-ring (bicyclic) bond motifs is 5. The molecule has 2 bridgehead atoms. The molecule has 2 aliphatic rings. The van der Waals surface area contributed by atoms with Crippen LogP contribution in [0.3, 0.4) is 0 Å². The van der Waals surface area contributed by atoms with Gasteiger partial charge < -0.3 is 15.1 Å². The summed E-state index contributed by atoms with van der Waals surface area (Å²) in [6.45, 7) is 9.96. The van der Waals surface area contributed by atoms with Gasteiger partial charge in [0.2, 0.25) is 5.91 Å². The zero-order valence-electron chi connectivity index (χ0n) is 23.2. The van der Waals surface area contributed by atoms with E-state index in [0.717, 1.165) is 10.6 Å². The van der Waals surface area contributed by atoms with E-state index in [9.17, 15) is 9.59 Å². The first-order valence-electron chi connectivity index (χ1n) is 13.7. The van der Waals surface area contributed by atoms with Crippen molar-refractivity contribution in [3.8, 4) is 16.9 Å². The summed E-state index contributed by atoms with van der Waals surface area (Å²) < 4.78 is 16.9. The molecule has 1 fully saturated rings. The highest BCUT2D eigenvalue weighted by molar-refractivity contribution is 7.99. The van der Waals surface area contributed by atoms with E-state index in [0.29, 0.717) is 66.7 Å². The van der Waals surface area contributed by atoms with Crippen LogP contribution in [-0.4, -0.2) is 68.8 Å². The van der Waals surface area contributed by atoms with E-state index in [-0.39, 0.29) is 28.1 Å². The molecule has 0 atom stereocenters. The number of pyridine rings is 2. The average molecular weight is 606 g/mol. The number of anilines is 2. The molecular formula is C30H29ClFN7O2S. The summed E-state index contributed by atoms with van der Waals surface area (Å²) in [5.74, 6) is 0.441. The quantitative estimate of drug-likeness (QED) is 0.322. The number of amides is 1. The maximum atomic E-state index is 15.4. The molecule has 0 aliphatic carbocycles. The van der Waals surface area contributed by atoms with E-state index in [1.807, 2.05) is 24.8 Å². The standard InChI is InChI=1S/C30H29ClFN7O2S/c1-4-23(40)37-11-13-38(14-12-37)28-18-16-19(31)26-24-20(32)6-5-7-21(24)33-10-15-42-22-8-9-34-25(17(2)3)27(22)39(29(18)35-26)30(41)36-28/h4-9,16-17,33H,1,10-15H2,2-3H3. The van der Waals surface area contributed by atoms with E-state index in [1.165, 1.54) is 16.7 Å². The highest BCUT2D eigenvalue weighted by Gasteiger charge is 2.28. The van der Waals surface area contributed by atoms with Crippen molar-refractivity contribution in [2.75, 3.05) is 48.7 Å². The molecule has 4 aromatic rings. The van der Waals surface area contributed by atoms with Gasteiger partial charge in [0.1, 0.15) is 11.6 Å². The minimum absolute atomic E-state index is 0.00590. The van der Waals surface area contributed by atoms with E-state index < -0.39 is 11.5 Å². The van der Waals surface area contributed by atoms with Crippen molar-refractivity contribution in [3.05, 3.63) is 76.2 Å². The lowest BCUT2D eigenvalue weighted by Crippen LogP contribution is -2.49. The SMILES string of the molecule is C=CC(=O)N1CCN(c2nc(=O)n3c4nc(c(Cl)cc24)-c2c(F)cccc2NCCSc2ccnc(C(C)C)c2-3)CC1. The van der Waals surface area contributed by atoms with Gasteiger partial charge in [0.15, 0.2) is 5.65 Å². The molecule has 6 rings (SSSR count). The number of thioether (sulfide) groups is 1. The first-order chi connectivity index (χ1) is 20.3. The number of rotatable bonds is 3. The summed E-state index contributed by atoms with van der Waals surface area (Å²) in [6.07, 6.45) is 3.05. The molecule has 12 heteroatoms. The fourth-order valence-electron chi connectivity index (χ4n) is 5.47.